The van der Waals surface area contributed by atoms with Crippen molar-refractivity contribution in [2.24, 2.45) is 11.3 Å². The fourth-order valence-corrected chi connectivity index (χ4v) is 2.45. The lowest BCUT2D eigenvalue weighted by Crippen LogP contribution is -2.43. The van der Waals surface area contributed by atoms with Gasteiger partial charge in [0.2, 0.25) is 0 Å². The maximum Gasteiger partial charge on any atom is 0.306 e. The highest BCUT2D eigenvalue weighted by Gasteiger charge is 2.29. The lowest BCUT2D eigenvalue weighted by molar-refractivity contribution is -0.153. The number of rotatable bonds is 3. The van der Waals surface area contributed by atoms with Crippen LogP contribution in [0.25, 0.3) is 0 Å². The fraction of sp³-hybridized carbons (Fsp3) is 0.923. The van der Waals surface area contributed by atoms with Crippen LogP contribution in [0.4, 0.5) is 0 Å². The summed E-state index contributed by atoms with van der Waals surface area (Å²) in [5, 5.41) is 3.17. The van der Waals surface area contributed by atoms with E-state index in [-0.39, 0.29) is 12.1 Å². The number of ether oxygens (including phenoxy) is 1. The minimum Gasteiger partial charge on any atom is -0.462 e. The van der Waals surface area contributed by atoms with Crippen molar-refractivity contribution in [1.29, 1.82) is 0 Å². The molecule has 1 saturated heterocycles. The number of hydrogen-bond acceptors (Lipinski definition) is 3. The molecule has 1 heterocycles. The molecule has 0 unspecified atom stereocenters. The molecule has 0 radical (unpaired) electrons. The molecule has 0 amide bonds. The Morgan fingerprint density at radius 1 is 1.31 bits per heavy atom. The predicted molar refractivity (Wildman–Crippen MR) is 63.1 cm³/mol. The summed E-state index contributed by atoms with van der Waals surface area (Å²) in [7, 11) is 0. The second-order valence-electron chi connectivity index (χ2n) is 6.08. The number of carbonyl (C=O) groups is 1. The summed E-state index contributed by atoms with van der Waals surface area (Å²) in [5.74, 6) is 0.531. The molecule has 0 bridgehead atoms. The van der Waals surface area contributed by atoms with E-state index in [1.165, 1.54) is 12.8 Å². The van der Waals surface area contributed by atoms with Gasteiger partial charge < -0.3 is 10.1 Å². The van der Waals surface area contributed by atoms with Crippen molar-refractivity contribution >= 4 is 5.97 Å². The molecule has 2 aliphatic rings. The van der Waals surface area contributed by atoms with Crippen LogP contribution in [0.15, 0.2) is 0 Å². The zero-order chi connectivity index (χ0) is 11.6. The van der Waals surface area contributed by atoms with Crippen LogP contribution in [0.2, 0.25) is 0 Å². The van der Waals surface area contributed by atoms with E-state index in [1.54, 1.807) is 0 Å². The average molecular weight is 225 g/mol. The van der Waals surface area contributed by atoms with Crippen molar-refractivity contribution in [2.75, 3.05) is 13.1 Å². The Kier molecular flexibility index (Phi) is 3.53. The number of hydrogen-bond donors (Lipinski definition) is 1. The highest BCUT2D eigenvalue weighted by Crippen LogP contribution is 2.36. The van der Waals surface area contributed by atoms with Crippen LogP contribution in [-0.2, 0) is 9.53 Å². The molecule has 1 aliphatic heterocycles. The largest absolute Gasteiger partial charge is 0.462 e. The average Bonchev–Trinajstić information content (AvgIpc) is 2.15. The van der Waals surface area contributed by atoms with Gasteiger partial charge in [-0.15, -0.1) is 0 Å². The molecule has 0 aromatic rings. The van der Waals surface area contributed by atoms with Gasteiger partial charge in [0.25, 0.3) is 0 Å². The van der Waals surface area contributed by atoms with Gasteiger partial charge in [0, 0.05) is 0 Å². The van der Waals surface area contributed by atoms with Crippen molar-refractivity contribution < 1.29 is 9.53 Å². The highest BCUT2D eigenvalue weighted by molar-refractivity contribution is 5.70. The molecule has 1 saturated carbocycles. The molecule has 3 nitrogen and oxygen atoms in total. The van der Waals surface area contributed by atoms with Gasteiger partial charge in [0.15, 0.2) is 0 Å². The maximum atomic E-state index is 11.6. The standard InChI is InChI=1S/C13H23NO2/c1-13(2)5-3-11(4-6-13)16-12(15)7-10-8-14-9-10/h10-11,14H,3-9H2,1-2H3. The first kappa shape index (κ1) is 11.9. The molecule has 1 aliphatic carbocycles. The van der Waals surface area contributed by atoms with E-state index in [0.717, 1.165) is 25.9 Å². The van der Waals surface area contributed by atoms with Gasteiger partial charge in [-0.05, 0) is 50.1 Å². The summed E-state index contributed by atoms with van der Waals surface area (Å²) in [6.07, 6.45) is 5.23. The Hall–Kier alpha value is -0.570. The summed E-state index contributed by atoms with van der Waals surface area (Å²) in [6.45, 7) is 6.55. The molecular formula is C13H23NO2. The van der Waals surface area contributed by atoms with E-state index in [4.69, 9.17) is 4.74 Å². The van der Waals surface area contributed by atoms with E-state index in [9.17, 15) is 4.79 Å². The second-order valence-corrected chi connectivity index (χ2v) is 6.08. The van der Waals surface area contributed by atoms with E-state index >= 15 is 0 Å². The third-order valence-electron chi connectivity index (χ3n) is 3.91. The van der Waals surface area contributed by atoms with E-state index in [0.29, 0.717) is 17.8 Å². The van der Waals surface area contributed by atoms with Gasteiger partial charge in [-0.1, -0.05) is 13.8 Å². The summed E-state index contributed by atoms with van der Waals surface area (Å²) in [5.41, 5.74) is 0.445. The Morgan fingerprint density at radius 2 is 1.94 bits per heavy atom. The Morgan fingerprint density at radius 3 is 2.44 bits per heavy atom. The van der Waals surface area contributed by atoms with Crippen LogP contribution < -0.4 is 5.32 Å². The lowest BCUT2D eigenvalue weighted by atomic mass is 9.76. The monoisotopic (exact) mass is 225 g/mol. The fourth-order valence-electron chi connectivity index (χ4n) is 2.45. The predicted octanol–water partition coefficient (Wildman–Crippen LogP) is 2.11. The van der Waals surface area contributed by atoms with Crippen molar-refractivity contribution in [2.45, 2.75) is 52.1 Å². The van der Waals surface area contributed by atoms with Gasteiger partial charge in [0.05, 0.1) is 6.42 Å². The van der Waals surface area contributed by atoms with E-state index < -0.39 is 0 Å². The molecular weight excluding hydrogens is 202 g/mol. The summed E-state index contributed by atoms with van der Waals surface area (Å²) < 4.78 is 5.52. The van der Waals surface area contributed by atoms with Crippen LogP contribution in [0.1, 0.15) is 46.0 Å². The van der Waals surface area contributed by atoms with Crippen molar-refractivity contribution in [3.05, 3.63) is 0 Å². The molecule has 2 rings (SSSR count). The Balaban J connectivity index is 1.67. The molecule has 3 heteroatoms. The molecule has 0 aromatic carbocycles. The number of carbonyl (C=O) groups excluding carboxylic acids is 1. The third-order valence-corrected chi connectivity index (χ3v) is 3.91. The van der Waals surface area contributed by atoms with Gasteiger partial charge >= 0.3 is 5.97 Å². The van der Waals surface area contributed by atoms with Crippen molar-refractivity contribution in [3.8, 4) is 0 Å². The summed E-state index contributed by atoms with van der Waals surface area (Å²) in [6, 6.07) is 0. The van der Waals surface area contributed by atoms with Crippen LogP contribution in [0, 0.1) is 11.3 Å². The molecule has 0 spiro atoms. The molecule has 16 heavy (non-hydrogen) atoms. The molecule has 0 atom stereocenters. The first-order valence-corrected chi connectivity index (χ1v) is 6.45. The van der Waals surface area contributed by atoms with Crippen LogP contribution >= 0.6 is 0 Å². The minimum absolute atomic E-state index is 0.0104. The van der Waals surface area contributed by atoms with E-state index in [1.807, 2.05) is 0 Å². The van der Waals surface area contributed by atoms with Gasteiger partial charge in [-0.2, -0.15) is 0 Å². The first-order valence-electron chi connectivity index (χ1n) is 6.45. The second kappa shape index (κ2) is 4.74. The Bertz CT molecular complexity index is 249. The number of esters is 1. The lowest BCUT2D eigenvalue weighted by Gasteiger charge is -2.34. The SMILES string of the molecule is CC1(C)CCC(OC(=O)CC2CNC2)CC1. The molecule has 92 valence electrons. The van der Waals surface area contributed by atoms with Crippen molar-refractivity contribution in [3.63, 3.8) is 0 Å². The highest BCUT2D eigenvalue weighted by atomic mass is 16.5. The zero-order valence-corrected chi connectivity index (χ0v) is 10.4. The third kappa shape index (κ3) is 3.21. The molecule has 1 N–H and O–H groups in total. The first-order chi connectivity index (χ1) is 7.55. The van der Waals surface area contributed by atoms with E-state index in [2.05, 4.69) is 19.2 Å². The van der Waals surface area contributed by atoms with Gasteiger partial charge in [-0.3, -0.25) is 4.79 Å². The van der Waals surface area contributed by atoms with Crippen LogP contribution in [0.5, 0.6) is 0 Å². The smallest absolute Gasteiger partial charge is 0.306 e. The topological polar surface area (TPSA) is 38.3 Å². The zero-order valence-electron chi connectivity index (χ0n) is 10.4. The summed E-state index contributed by atoms with van der Waals surface area (Å²) in [4.78, 5) is 11.6. The van der Waals surface area contributed by atoms with Crippen LogP contribution in [-0.4, -0.2) is 25.2 Å². The quantitative estimate of drug-likeness (QED) is 0.748. The van der Waals surface area contributed by atoms with Gasteiger partial charge in [0.1, 0.15) is 6.10 Å². The molecule has 0 aromatic heterocycles. The van der Waals surface area contributed by atoms with Crippen molar-refractivity contribution in [1.82, 2.24) is 5.32 Å². The maximum absolute atomic E-state index is 11.6. The minimum atomic E-state index is 0.0104. The summed E-state index contributed by atoms with van der Waals surface area (Å²) >= 11 is 0. The van der Waals surface area contributed by atoms with Gasteiger partial charge in [-0.25, -0.2) is 0 Å². The number of nitrogens with one attached hydrogen (secondary N) is 1. The molecule has 2 fully saturated rings. The van der Waals surface area contributed by atoms with Crippen LogP contribution in [0.3, 0.4) is 0 Å². The Labute approximate surface area is 97.9 Å². The normalized spacial score (nSPS) is 26.1.